The van der Waals surface area contributed by atoms with Gasteiger partial charge in [-0.1, -0.05) is 18.5 Å². The molecule has 3 nitrogen and oxygen atoms in total. The Morgan fingerprint density at radius 1 is 1.67 bits per heavy atom. The van der Waals surface area contributed by atoms with E-state index < -0.39 is 0 Å². The molecule has 1 fully saturated rings. The fourth-order valence-corrected chi connectivity index (χ4v) is 1.54. The van der Waals surface area contributed by atoms with E-state index in [0.29, 0.717) is 16.0 Å². The highest BCUT2D eigenvalue weighted by atomic mass is 35.5. The molecule has 2 rings (SSSR count). The van der Waals surface area contributed by atoms with E-state index in [1.54, 1.807) is 12.3 Å². The lowest BCUT2D eigenvalue weighted by Gasteiger charge is -2.10. The fraction of sp³-hybridized carbons (Fsp3) is 0.455. The van der Waals surface area contributed by atoms with Gasteiger partial charge in [-0.3, -0.25) is 9.78 Å². The summed E-state index contributed by atoms with van der Waals surface area (Å²) in [7, 11) is 0. The molecule has 80 valence electrons. The first-order valence-electron chi connectivity index (χ1n) is 4.98. The number of carbonyl (C=O) groups excluding carboxylic acids is 1. The largest absolute Gasteiger partial charge is 0.351 e. The fourth-order valence-electron chi connectivity index (χ4n) is 1.34. The summed E-state index contributed by atoms with van der Waals surface area (Å²) in [6, 6.07) is 1.63. The van der Waals surface area contributed by atoms with Crippen molar-refractivity contribution in [1.29, 1.82) is 0 Å². The summed E-state index contributed by atoms with van der Waals surface area (Å²) in [6.45, 7) is 2.89. The molecule has 1 saturated carbocycles. The maximum absolute atomic E-state index is 11.7. The van der Waals surface area contributed by atoms with Gasteiger partial charge < -0.3 is 5.32 Å². The van der Waals surface area contributed by atoms with E-state index in [4.69, 9.17) is 11.6 Å². The van der Waals surface area contributed by atoms with Crippen LogP contribution in [0.5, 0.6) is 0 Å². The van der Waals surface area contributed by atoms with E-state index >= 15 is 0 Å². The summed E-state index contributed by atoms with van der Waals surface area (Å²) in [5.41, 5.74) is 0.811. The van der Waals surface area contributed by atoms with Gasteiger partial charge in [0, 0.05) is 18.9 Å². The molecule has 0 unspecified atom stereocenters. The van der Waals surface area contributed by atoms with Crippen LogP contribution in [0.15, 0.2) is 18.5 Å². The van der Waals surface area contributed by atoms with Gasteiger partial charge in [0.2, 0.25) is 0 Å². The van der Waals surface area contributed by atoms with E-state index in [-0.39, 0.29) is 5.91 Å². The van der Waals surface area contributed by atoms with Crippen LogP contribution >= 0.6 is 11.6 Å². The summed E-state index contributed by atoms with van der Waals surface area (Å²) < 4.78 is 0. The van der Waals surface area contributed by atoms with Crippen LogP contribution in [-0.4, -0.2) is 17.4 Å². The molecule has 1 aromatic heterocycles. The highest BCUT2D eigenvalue weighted by molar-refractivity contribution is 6.33. The highest BCUT2D eigenvalue weighted by Crippen LogP contribution is 2.44. The number of halogens is 1. The second kappa shape index (κ2) is 3.81. The standard InChI is InChI=1S/C11H13ClN2O/c1-11(3-4-11)7-14-10(15)8-2-5-13-6-9(8)12/h2,5-6H,3-4,7H2,1H3,(H,14,15). The summed E-state index contributed by atoms with van der Waals surface area (Å²) in [4.78, 5) is 15.6. The van der Waals surface area contributed by atoms with E-state index in [1.165, 1.54) is 19.0 Å². The van der Waals surface area contributed by atoms with E-state index in [2.05, 4.69) is 17.2 Å². The zero-order chi connectivity index (χ0) is 10.9. The van der Waals surface area contributed by atoms with Crippen molar-refractivity contribution >= 4 is 17.5 Å². The van der Waals surface area contributed by atoms with Crippen LogP contribution in [0.2, 0.25) is 5.02 Å². The van der Waals surface area contributed by atoms with Gasteiger partial charge in [-0.15, -0.1) is 0 Å². The summed E-state index contributed by atoms with van der Waals surface area (Å²) in [5, 5.41) is 3.29. The average molecular weight is 225 g/mol. The molecule has 1 aliphatic carbocycles. The van der Waals surface area contributed by atoms with Crippen molar-refractivity contribution in [1.82, 2.24) is 10.3 Å². The van der Waals surface area contributed by atoms with Crippen molar-refractivity contribution in [3.8, 4) is 0 Å². The third-order valence-electron chi connectivity index (χ3n) is 2.80. The SMILES string of the molecule is CC1(CNC(=O)c2ccncc2Cl)CC1. The number of carbonyl (C=O) groups is 1. The minimum absolute atomic E-state index is 0.115. The Morgan fingerprint density at radius 3 is 3.00 bits per heavy atom. The molecular formula is C11H13ClN2O. The molecule has 0 atom stereocenters. The van der Waals surface area contributed by atoms with Gasteiger partial charge in [0.1, 0.15) is 0 Å². The molecule has 4 heteroatoms. The molecule has 1 aromatic rings. The third-order valence-corrected chi connectivity index (χ3v) is 3.10. The second-order valence-electron chi connectivity index (χ2n) is 4.35. The molecular weight excluding hydrogens is 212 g/mol. The number of amides is 1. The van der Waals surface area contributed by atoms with Crippen molar-refractivity contribution in [3.63, 3.8) is 0 Å². The molecule has 0 aromatic carbocycles. The van der Waals surface area contributed by atoms with Gasteiger partial charge in [0.05, 0.1) is 10.6 Å². The van der Waals surface area contributed by atoms with E-state index in [0.717, 1.165) is 6.54 Å². The molecule has 0 bridgehead atoms. The quantitative estimate of drug-likeness (QED) is 0.856. The molecule has 0 spiro atoms. The number of nitrogens with zero attached hydrogens (tertiary/aromatic N) is 1. The monoisotopic (exact) mass is 224 g/mol. The van der Waals surface area contributed by atoms with Crippen molar-refractivity contribution in [3.05, 3.63) is 29.0 Å². The Kier molecular flexibility index (Phi) is 2.65. The zero-order valence-corrected chi connectivity index (χ0v) is 9.34. The highest BCUT2D eigenvalue weighted by Gasteiger charge is 2.37. The van der Waals surface area contributed by atoms with Crippen molar-refractivity contribution in [2.24, 2.45) is 5.41 Å². The Balaban J connectivity index is 1.99. The van der Waals surface area contributed by atoms with Crippen LogP contribution in [0.4, 0.5) is 0 Å². The number of aromatic nitrogens is 1. The Morgan fingerprint density at radius 2 is 2.40 bits per heavy atom. The molecule has 15 heavy (non-hydrogen) atoms. The van der Waals surface area contributed by atoms with Crippen LogP contribution in [-0.2, 0) is 0 Å². The predicted octanol–water partition coefficient (Wildman–Crippen LogP) is 2.26. The van der Waals surface area contributed by atoms with Crippen molar-refractivity contribution in [2.75, 3.05) is 6.54 Å². The third kappa shape index (κ3) is 2.48. The van der Waals surface area contributed by atoms with Crippen LogP contribution in [0, 0.1) is 5.41 Å². The summed E-state index contributed by atoms with van der Waals surface area (Å²) in [6.07, 6.45) is 5.43. The Bertz CT molecular complexity index is 388. The number of hydrogen-bond acceptors (Lipinski definition) is 2. The lowest BCUT2D eigenvalue weighted by atomic mass is 10.1. The average Bonchev–Trinajstić information content (AvgIpc) is 2.95. The van der Waals surface area contributed by atoms with Crippen molar-refractivity contribution in [2.45, 2.75) is 19.8 Å². The summed E-state index contributed by atoms with van der Waals surface area (Å²) in [5.74, 6) is -0.115. The molecule has 0 radical (unpaired) electrons. The normalized spacial score (nSPS) is 17.2. The molecule has 1 amide bonds. The van der Waals surface area contributed by atoms with E-state index in [9.17, 15) is 4.79 Å². The maximum Gasteiger partial charge on any atom is 0.252 e. The second-order valence-corrected chi connectivity index (χ2v) is 4.76. The van der Waals surface area contributed by atoms with Gasteiger partial charge in [-0.25, -0.2) is 0 Å². The summed E-state index contributed by atoms with van der Waals surface area (Å²) >= 11 is 5.86. The minimum Gasteiger partial charge on any atom is -0.351 e. The maximum atomic E-state index is 11.7. The molecule has 1 N–H and O–H groups in total. The molecule has 1 heterocycles. The van der Waals surface area contributed by atoms with Gasteiger partial charge in [-0.05, 0) is 24.3 Å². The van der Waals surface area contributed by atoms with Gasteiger partial charge in [0.25, 0.3) is 5.91 Å². The van der Waals surface area contributed by atoms with Crippen LogP contribution in [0.3, 0.4) is 0 Å². The topological polar surface area (TPSA) is 42.0 Å². The smallest absolute Gasteiger partial charge is 0.252 e. The molecule has 1 aliphatic rings. The van der Waals surface area contributed by atoms with Crippen LogP contribution < -0.4 is 5.32 Å². The number of hydrogen-bond donors (Lipinski definition) is 1. The predicted molar refractivity (Wildman–Crippen MR) is 58.9 cm³/mol. The van der Waals surface area contributed by atoms with Crippen LogP contribution in [0.25, 0.3) is 0 Å². The number of rotatable bonds is 3. The first kappa shape index (κ1) is 10.4. The lowest BCUT2D eigenvalue weighted by Crippen LogP contribution is -2.29. The van der Waals surface area contributed by atoms with Crippen molar-refractivity contribution < 1.29 is 4.79 Å². The van der Waals surface area contributed by atoms with Gasteiger partial charge in [0.15, 0.2) is 0 Å². The Labute approximate surface area is 93.8 Å². The minimum atomic E-state index is -0.115. The van der Waals surface area contributed by atoms with E-state index in [1.807, 2.05) is 0 Å². The molecule has 0 aliphatic heterocycles. The first-order valence-corrected chi connectivity index (χ1v) is 5.36. The van der Waals surface area contributed by atoms with Crippen LogP contribution in [0.1, 0.15) is 30.1 Å². The Hall–Kier alpha value is -1.09. The molecule has 0 saturated heterocycles. The first-order chi connectivity index (χ1) is 7.11. The number of pyridine rings is 1. The zero-order valence-electron chi connectivity index (χ0n) is 8.59. The van der Waals surface area contributed by atoms with Gasteiger partial charge in [-0.2, -0.15) is 0 Å². The number of nitrogens with one attached hydrogen (secondary N) is 1. The lowest BCUT2D eigenvalue weighted by molar-refractivity contribution is 0.0946. The van der Waals surface area contributed by atoms with Gasteiger partial charge >= 0.3 is 0 Å².